The van der Waals surface area contributed by atoms with Gasteiger partial charge in [-0.2, -0.15) is 13.2 Å². The third kappa shape index (κ3) is 4.32. The fourth-order valence-electron chi connectivity index (χ4n) is 3.00. The molecule has 13 heteroatoms. The first kappa shape index (κ1) is 22.9. The maximum atomic E-state index is 15.3. The average molecular weight is 461 g/mol. The number of nitrogens with one attached hydrogen (secondary N) is 1. The number of halogens is 5. The van der Waals surface area contributed by atoms with Crippen LogP contribution in [0.5, 0.6) is 0 Å². The molecule has 1 aromatic heterocycles. The van der Waals surface area contributed by atoms with Crippen molar-refractivity contribution < 1.29 is 31.9 Å². The van der Waals surface area contributed by atoms with E-state index in [0.717, 1.165) is 36.9 Å². The predicted octanol–water partition coefficient (Wildman–Crippen LogP) is 2.86. The lowest BCUT2D eigenvalue weighted by atomic mass is 9.78. The first-order chi connectivity index (χ1) is 14.4. The van der Waals surface area contributed by atoms with Gasteiger partial charge in [-0.15, -0.1) is 0 Å². The van der Waals surface area contributed by atoms with Crippen molar-refractivity contribution in [3.63, 3.8) is 0 Å². The molecule has 0 fully saturated rings. The molecule has 2 aromatic rings. The lowest BCUT2D eigenvalue weighted by Crippen LogP contribution is -2.53. The summed E-state index contributed by atoms with van der Waals surface area (Å²) in [4.78, 5) is 22.9. The second-order valence-corrected chi connectivity index (χ2v) is 7.88. The summed E-state index contributed by atoms with van der Waals surface area (Å²) >= 11 is 0.912. The van der Waals surface area contributed by atoms with E-state index in [1.165, 1.54) is 0 Å². The van der Waals surface area contributed by atoms with E-state index in [1.54, 1.807) is 0 Å². The summed E-state index contributed by atoms with van der Waals surface area (Å²) in [7, 11) is 0. The molecule has 0 saturated heterocycles. The van der Waals surface area contributed by atoms with E-state index < -0.39 is 47.1 Å². The first-order valence-electron chi connectivity index (χ1n) is 8.68. The van der Waals surface area contributed by atoms with Crippen LogP contribution < -0.4 is 11.1 Å². The van der Waals surface area contributed by atoms with E-state index in [0.29, 0.717) is 12.4 Å². The van der Waals surface area contributed by atoms with E-state index in [1.807, 2.05) is 0 Å². The van der Waals surface area contributed by atoms with Crippen LogP contribution >= 0.6 is 11.8 Å². The van der Waals surface area contributed by atoms with Crippen LogP contribution in [0, 0.1) is 5.82 Å². The smallest absolute Gasteiger partial charge is 0.393 e. The zero-order valence-corrected chi connectivity index (χ0v) is 16.7. The maximum Gasteiger partial charge on any atom is 0.434 e. The Kier molecular flexibility index (Phi) is 5.93. The summed E-state index contributed by atoms with van der Waals surface area (Å²) in [5, 5.41) is 12.2. The van der Waals surface area contributed by atoms with Crippen molar-refractivity contribution in [3.8, 4) is 0 Å². The van der Waals surface area contributed by atoms with Crippen molar-refractivity contribution >= 4 is 28.5 Å². The Balaban J connectivity index is 1.94. The van der Waals surface area contributed by atoms with Gasteiger partial charge < -0.3 is 16.2 Å². The molecule has 0 spiro atoms. The summed E-state index contributed by atoms with van der Waals surface area (Å²) in [6.07, 6.45) is -3.68. The molecule has 1 aliphatic heterocycles. The highest BCUT2D eigenvalue weighted by atomic mass is 32.2. The van der Waals surface area contributed by atoms with Gasteiger partial charge in [-0.1, -0.05) is 11.8 Å². The minimum atomic E-state index is -4.72. The number of hydrogen-bond donors (Lipinski definition) is 3. The van der Waals surface area contributed by atoms with Crippen LogP contribution in [0.3, 0.4) is 0 Å². The van der Waals surface area contributed by atoms with Gasteiger partial charge in [0.15, 0.2) is 10.9 Å². The molecular formula is C18H16F5N5O2S. The number of thioether (sulfide) groups is 1. The van der Waals surface area contributed by atoms with Gasteiger partial charge in [0.05, 0.1) is 19.0 Å². The number of rotatable bonds is 4. The monoisotopic (exact) mass is 461 g/mol. The topological polar surface area (TPSA) is 113 Å². The first-order valence-corrected chi connectivity index (χ1v) is 9.67. The van der Waals surface area contributed by atoms with Gasteiger partial charge in [-0.05, 0) is 25.1 Å². The Labute approximate surface area is 177 Å². The van der Waals surface area contributed by atoms with Crippen LogP contribution in [0.25, 0.3) is 0 Å². The van der Waals surface area contributed by atoms with Gasteiger partial charge >= 0.3 is 6.18 Å². The highest BCUT2D eigenvalue weighted by molar-refractivity contribution is 8.13. The number of carbonyl (C=O) groups excluding carboxylic acids is 1. The zero-order chi connectivity index (χ0) is 23.0. The quantitative estimate of drug-likeness (QED) is 0.604. The molecule has 1 aromatic carbocycles. The summed E-state index contributed by atoms with van der Waals surface area (Å²) < 4.78 is 67.7. The minimum absolute atomic E-state index is 0.0290. The van der Waals surface area contributed by atoms with Crippen LogP contribution in [0.4, 0.5) is 27.6 Å². The second kappa shape index (κ2) is 8.04. The van der Waals surface area contributed by atoms with Crippen molar-refractivity contribution in [2.45, 2.75) is 24.3 Å². The number of carbonyl (C=O) groups is 1. The minimum Gasteiger partial charge on any atom is -0.393 e. The number of anilines is 1. The normalized spacial score (nSPS) is 23.9. The van der Waals surface area contributed by atoms with Gasteiger partial charge in [-0.25, -0.2) is 23.7 Å². The maximum absolute atomic E-state index is 15.3. The molecular weight excluding hydrogens is 445 g/mol. The van der Waals surface area contributed by atoms with Gasteiger partial charge in [-0.3, -0.25) is 4.79 Å². The molecule has 0 bridgehead atoms. The fraction of sp³-hybridized carbons (Fsp3) is 0.333. The molecule has 4 N–H and O–H groups in total. The Hall–Kier alpha value is -2.80. The van der Waals surface area contributed by atoms with Crippen LogP contribution in [0.15, 0.2) is 35.6 Å². The summed E-state index contributed by atoms with van der Waals surface area (Å²) in [6.45, 7) is 0.245. The van der Waals surface area contributed by atoms with E-state index in [9.17, 15) is 27.5 Å². The number of amides is 1. The molecule has 3 rings (SSSR count). The molecule has 2 heterocycles. The molecule has 0 radical (unpaired) electrons. The number of benzene rings is 1. The van der Waals surface area contributed by atoms with Gasteiger partial charge in [0, 0.05) is 17.0 Å². The van der Waals surface area contributed by atoms with Crippen molar-refractivity contribution in [3.05, 3.63) is 53.4 Å². The lowest BCUT2D eigenvalue weighted by Gasteiger charge is -2.42. The largest absolute Gasteiger partial charge is 0.434 e. The molecule has 0 saturated carbocycles. The van der Waals surface area contributed by atoms with Crippen LogP contribution in [-0.2, 0) is 11.7 Å². The van der Waals surface area contributed by atoms with E-state index in [-0.39, 0.29) is 22.2 Å². The predicted molar refractivity (Wildman–Crippen MR) is 104 cm³/mol. The number of aliphatic hydroxyl groups is 1. The Morgan fingerprint density at radius 1 is 1.32 bits per heavy atom. The fourth-order valence-corrected chi connectivity index (χ4v) is 3.88. The number of nitrogens with two attached hydrogens (primary N) is 1. The Bertz CT molecular complexity index is 1030. The number of aliphatic hydroxyl groups excluding tert-OH is 1. The summed E-state index contributed by atoms with van der Waals surface area (Å²) in [6, 6.07) is 3.16. The average Bonchev–Trinajstić information content (AvgIpc) is 2.71. The Morgan fingerprint density at radius 2 is 2.03 bits per heavy atom. The summed E-state index contributed by atoms with van der Waals surface area (Å²) in [5.74, 6) is -2.02. The van der Waals surface area contributed by atoms with Gasteiger partial charge in [0.1, 0.15) is 22.7 Å². The van der Waals surface area contributed by atoms with E-state index in [2.05, 4.69) is 20.3 Å². The number of aliphatic imine (C=N–C) groups is 1. The highest BCUT2D eigenvalue weighted by Gasteiger charge is 2.54. The molecule has 0 unspecified atom stereocenters. The number of hydrogen-bond acceptors (Lipinski definition) is 7. The van der Waals surface area contributed by atoms with Crippen molar-refractivity contribution in [1.82, 2.24) is 9.97 Å². The lowest BCUT2D eigenvalue weighted by molar-refractivity contribution is -0.141. The molecule has 7 nitrogen and oxygen atoms in total. The van der Waals surface area contributed by atoms with E-state index >= 15 is 4.39 Å². The summed E-state index contributed by atoms with van der Waals surface area (Å²) in [5.41, 5.74) is -0.635. The van der Waals surface area contributed by atoms with Crippen molar-refractivity contribution in [2.24, 2.45) is 10.7 Å². The van der Waals surface area contributed by atoms with E-state index in [4.69, 9.17) is 5.73 Å². The number of aromatic nitrogens is 2. The zero-order valence-electron chi connectivity index (χ0n) is 15.9. The molecule has 0 aliphatic carbocycles. The Morgan fingerprint density at radius 3 is 2.61 bits per heavy atom. The van der Waals surface area contributed by atoms with Crippen LogP contribution in [-0.4, -0.2) is 44.2 Å². The molecule has 166 valence electrons. The third-order valence-corrected chi connectivity index (χ3v) is 5.80. The third-order valence-electron chi connectivity index (χ3n) is 4.73. The standard InChI is InChI=1S/C18H16F5N5O2S/c1-16(20)8-31-15(24)28-17(16,7-29)10-4-9(2-3-11(10)19)27-14(30)12-5-26-13(6-25-12)18(21,22)23/h2-6,29H,7-8H2,1H3,(H2,24,28)(H,27,30)/t16-,17-/m1/s1. The molecule has 1 amide bonds. The molecule has 1 aliphatic rings. The SMILES string of the molecule is C[C@@]1(F)CSC(N)=N[C@]1(CO)c1cc(NC(=O)c2cnc(C(F)(F)F)cn2)ccc1F. The molecule has 31 heavy (non-hydrogen) atoms. The second-order valence-electron chi connectivity index (χ2n) is 6.89. The number of alkyl halides is 4. The van der Waals surface area contributed by atoms with Crippen LogP contribution in [0.2, 0.25) is 0 Å². The number of amidine groups is 1. The van der Waals surface area contributed by atoms with Crippen molar-refractivity contribution in [2.75, 3.05) is 17.7 Å². The van der Waals surface area contributed by atoms with Gasteiger partial charge in [0.25, 0.3) is 5.91 Å². The molecule has 2 atom stereocenters. The number of nitrogens with zero attached hydrogens (tertiary/aromatic N) is 3. The van der Waals surface area contributed by atoms with Crippen molar-refractivity contribution in [1.29, 1.82) is 0 Å². The van der Waals surface area contributed by atoms with Gasteiger partial charge in [0.2, 0.25) is 0 Å². The van der Waals surface area contributed by atoms with Crippen LogP contribution in [0.1, 0.15) is 28.7 Å². The highest BCUT2D eigenvalue weighted by Crippen LogP contribution is 2.46.